The Kier molecular flexibility index (Phi) is 3.16. The Hall–Kier alpha value is -1.59. The van der Waals surface area contributed by atoms with E-state index >= 15 is 0 Å². The van der Waals surface area contributed by atoms with E-state index in [2.05, 4.69) is 5.32 Å². The Labute approximate surface area is 130 Å². The zero-order chi connectivity index (χ0) is 15.4. The second-order valence-electron chi connectivity index (χ2n) is 7.64. The third-order valence-electron chi connectivity index (χ3n) is 6.09. The fraction of sp³-hybridized carbons (Fsp3) is 0.812. The lowest BCUT2D eigenvalue weighted by Gasteiger charge is -2.54. The van der Waals surface area contributed by atoms with Gasteiger partial charge < -0.3 is 10.2 Å². The Morgan fingerprint density at radius 2 is 1.68 bits per heavy atom. The molecule has 1 N–H and O–H groups in total. The monoisotopic (exact) mass is 305 g/mol. The van der Waals surface area contributed by atoms with Gasteiger partial charge in [0.05, 0.1) is 0 Å². The van der Waals surface area contributed by atoms with Crippen molar-refractivity contribution in [3.05, 3.63) is 0 Å². The largest absolute Gasteiger partial charge is 0.351 e. The lowest BCUT2D eigenvalue weighted by Crippen LogP contribution is -2.57. The summed E-state index contributed by atoms with van der Waals surface area (Å²) in [6.07, 6.45) is 6.34. The Bertz CT molecular complexity index is 505. The zero-order valence-corrected chi connectivity index (χ0v) is 13.0. The molecule has 6 nitrogen and oxygen atoms in total. The minimum absolute atomic E-state index is 0.0736. The van der Waals surface area contributed by atoms with Crippen molar-refractivity contribution in [2.45, 2.75) is 38.1 Å². The average molecular weight is 305 g/mol. The molecule has 1 heterocycles. The maximum Gasteiger partial charge on any atom is 0.327 e. The standard InChI is InChI=1S/C16H23N3O3/c1-18-8-14(21)19(16(18)22)7-13(20)17-15-11-3-9-2-10(5-11)6-12(15)4-9/h9-12,15H,2-8H2,1H3,(H,17,20). The van der Waals surface area contributed by atoms with E-state index in [1.54, 1.807) is 7.05 Å². The minimum atomic E-state index is -0.370. The number of carbonyl (C=O) groups excluding carboxylic acids is 3. The van der Waals surface area contributed by atoms with Crippen LogP contribution in [0.4, 0.5) is 4.79 Å². The number of carbonyl (C=O) groups is 3. The van der Waals surface area contributed by atoms with Crippen LogP contribution in [0.2, 0.25) is 0 Å². The van der Waals surface area contributed by atoms with Crippen LogP contribution in [-0.4, -0.2) is 53.8 Å². The first-order valence-electron chi connectivity index (χ1n) is 8.36. The first-order chi connectivity index (χ1) is 10.5. The highest BCUT2D eigenvalue weighted by molar-refractivity contribution is 6.04. The number of nitrogens with zero attached hydrogens (tertiary/aromatic N) is 2. The van der Waals surface area contributed by atoms with E-state index in [0.29, 0.717) is 11.8 Å². The molecule has 0 atom stereocenters. The van der Waals surface area contributed by atoms with Gasteiger partial charge in [0, 0.05) is 13.1 Å². The topological polar surface area (TPSA) is 69.7 Å². The maximum absolute atomic E-state index is 12.3. The van der Waals surface area contributed by atoms with Crippen molar-refractivity contribution >= 4 is 17.8 Å². The molecule has 0 unspecified atom stereocenters. The molecule has 22 heavy (non-hydrogen) atoms. The second-order valence-corrected chi connectivity index (χ2v) is 7.64. The summed E-state index contributed by atoms with van der Waals surface area (Å²) in [4.78, 5) is 38.3. The van der Waals surface area contributed by atoms with Crippen LogP contribution in [0.25, 0.3) is 0 Å². The van der Waals surface area contributed by atoms with E-state index in [1.807, 2.05) is 0 Å². The average Bonchev–Trinajstić information content (AvgIpc) is 2.69. The van der Waals surface area contributed by atoms with E-state index in [9.17, 15) is 14.4 Å². The molecule has 0 spiro atoms. The van der Waals surface area contributed by atoms with Crippen molar-refractivity contribution in [1.82, 2.24) is 15.1 Å². The second kappa shape index (κ2) is 4.96. The minimum Gasteiger partial charge on any atom is -0.351 e. The smallest absolute Gasteiger partial charge is 0.327 e. The molecular formula is C16H23N3O3. The molecule has 0 aromatic heterocycles. The van der Waals surface area contributed by atoms with Gasteiger partial charge >= 0.3 is 6.03 Å². The number of hydrogen-bond acceptors (Lipinski definition) is 3. The van der Waals surface area contributed by atoms with Gasteiger partial charge in [-0.2, -0.15) is 0 Å². The lowest BCUT2D eigenvalue weighted by molar-refractivity contribution is -0.132. The van der Waals surface area contributed by atoms with Crippen molar-refractivity contribution in [3.63, 3.8) is 0 Å². The highest BCUT2D eigenvalue weighted by Gasteiger charge is 2.48. The summed E-state index contributed by atoms with van der Waals surface area (Å²) in [6, 6.07) is -0.115. The molecule has 4 bridgehead atoms. The van der Waals surface area contributed by atoms with Crippen LogP contribution in [0.15, 0.2) is 0 Å². The number of imide groups is 1. The predicted octanol–water partition coefficient (Wildman–Crippen LogP) is 0.821. The summed E-state index contributed by atoms with van der Waals surface area (Å²) >= 11 is 0. The van der Waals surface area contributed by atoms with Gasteiger partial charge in [0.15, 0.2) is 0 Å². The normalized spacial score (nSPS) is 39.8. The molecule has 120 valence electrons. The third kappa shape index (κ3) is 2.20. The predicted molar refractivity (Wildman–Crippen MR) is 78.7 cm³/mol. The van der Waals surface area contributed by atoms with Gasteiger partial charge in [-0.15, -0.1) is 0 Å². The van der Waals surface area contributed by atoms with Gasteiger partial charge in [0.1, 0.15) is 13.1 Å². The van der Waals surface area contributed by atoms with Crippen LogP contribution in [0, 0.1) is 23.7 Å². The number of likely N-dealkylation sites (N-methyl/N-ethyl adjacent to an activating group) is 1. The molecule has 4 amide bonds. The number of urea groups is 1. The highest BCUT2D eigenvalue weighted by atomic mass is 16.2. The van der Waals surface area contributed by atoms with Gasteiger partial charge in [-0.25, -0.2) is 4.79 Å². The number of rotatable bonds is 3. The summed E-state index contributed by atoms with van der Waals surface area (Å²) in [6.45, 7) is -0.0606. The van der Waals surface area contributed by atoms with Crippen LogP contribution in [0.3, 0.4) is 0 Å². The van der Waals surface area contributed by atoms with Crippen molar-refractivity contribution in [1.29, 1.82) is 0 Å². The van der Waals surface area contributed by atoms with E-state index in [0.717, 1.165) is 16.7 Å². The number of nitrogens with one attached hydrogen (secondary N) is 1. The molecule has 4 aliphatic carbocycles. The molecular weight excluding hydrogens is 282 g/mol. The summed E-state index contributed by atoms with van der Waals surface area (Å²) in [5.74, 6) is 2.47. The quantitative estimate of drug-likeness (QED) is 0.785. The van der Waals surface area contributed by atoms with Gasteiger partial charge in [0.2, 0.25) is 5.91 Å². The van der Waals surface area contributed by atoms with Crippen molar-refractivity contribution in [3.8, 4) is 0 Å². The van der Waals surface area contributed by atoms with Crippen molar-refractivity contribution in [2.24, 2.45) is 23.7 Å². The lowest BCUT2D eigenvalue weighted by atomic mass is 9.54. The molecule has 0 aromatic carbocycles. The molecule has 5 fully saturated rings. The molecule has 4 saturated carbocycles. The van der Waals surface area contributed by atoms with Crippen LogP contribution in [0.5, 0.6) is 0 Å². The first kappa shape index (κ1) is 14.0. The van der Waals surface area contributed by atoms with Crippen molar-refractivity contribution < 1.29 is 14.4 Å². The summed E-state index contributed by atoms with van der Waals surface area (Å²) in [5.41, 5.74) is 0. The molecule has 5 aliphatic rings. The third-order valence-corrected chi connectivity index (χ3v) is 6.09. The zero-order valence-electron chi connectivity index (χ0n) is 13.0. The molecule has 0 radical (unpaired) electrons. The Balaban J connectivity index is 1.38. The van der Waals surface area contributed by atoms with Gasteiger partial charge in [-0.3, -0.25) is 14.5 Å². The molecule has 6 heteroatoms. The van der Waals surface area contributed by atoms with E-state index in [-0.39, 0.29) is 37.0 Å². The molecule has 5 rings (SSSR count). The van der Waals surface area contributed by atoms with Gasteiger partial charge in [-0.1, -0.05) is 0 Å². The van der Waals surface area contributed by atoms with E-state index < -0.39 is 0 Å². The number of hydrogen-bond donors (Lipinski definition) is 1. The first-order valence-corrected chi connectivity index (χ1v) is 8.36. The van der Waals surface area contributed by atoms with E-state index in [4.69, 9.17) is 0 Å². The van der Waals surface area contributed by atoms with Crippen molar-refractivity contribution in [2.75, 3.05) is 20.1 Å². The maximum atomic E-state index is 12.3. The Morgan fingerprint density at radius 3 is 2.18 bits per heavy atom. The van der Waals surface area contributed by atoms with Crippen LogP contribution < -0.4 is 5.32 Å². The summed E-state index contributed by atoms with van der Waals surface area (Å²) in [5, 5.41) is 3.14. The van der Waals surface area contributed by atoms with Crippen LogP contribution in [0.1, 0.15) is 32.1 Å². The Morgan fingerprint density at radius 1 is 1.09 bits per heavy atom. The number of amides is 4. The molecule has 0 aromatic rings. The fourth-order valence-electron chi connectivity index (χ4n) is 5.36. The van der Waals surface area contributed by atoms with Gasteiger partial charge in [-0.05, 0) is 55.8 Å². The van der Waals surface area contributed by atoms with E-state index in [1.165, 1.54) is 37.0 Å². The summed E-state index contributed by atoms with van der Waals surface area (Å²) in [7, 11) is 1.58. The van der Waals surface area contributed by atoms with Crippen LogP contribution in [-0.2, 0) is 9.59 Å². The SMILES string of the molecule is CN1CC(=O)N(CC(=O)NC2C3CC4CC(C3)CC2C4)C1=O. The molecule has 1 saturated heterocycles. The molecule has 1 aliphatic heterocycles. The highest BCUT2D eigenvalue weighted by Crippen LogP contribution is 2.53. The van der Waals surface area contributed by atoms with Crippen LogP contribution >= 0.6 is 0 Å². The summed E-state index contributed by atoms with van der Waals surface area (Å²) < 4.78 is 0. The fourth-order valence-corrected chi connectivity index (χ4v) is 5.36. The van der Waals surface area contributed by atoms with Gasteiger partial charge in [0.25, 0.3) is 5.91 Å².